The van der Waals surface area contributed by atoms with E-state index in [-0.39, 0.29) is 11.5 Å². The third-order valence-corrected chi connectivity index (χ3v) is 5.18. The average Bonchev–Trinajstić information content (AvgIpc) is 3.04. The fraction of sp³-hybridized carbons (Fsp3) is 0.235. The third kappa shape index (κ3) is 3.46. The van der Waals surface area contributed by atoms with Crippen LogP contribution in [0.25, 0.3) is 11.8 Å². The van der Waals surface area contributed by atoms with Crippen molar-refractivity contribution in [3.05, 3.63) is 56.8 Å². The second-order valence-corrected chi connectivity index (χ2v) is 7.13. The van der Waals surface area contributed by atoms with Gasteiger partial charge in [0.1, 0.15) is 4.32 Å². The summed E-state index contributed by atoms with van der Waals surface area (Å²) in [6.07, 6.45) is 1.61. The second kappa shape index (κ2) is 7.38. The van der Waals surface area contributed by atoms with Crippen LogP contribution in [0.2, 0.25) is 0 Å². The number of carbonyl (C=O) groups is 1. The maximum Gasteiger partial charge on any atom is 0.278 e. The van der Waals surface area contributed by atoms with E-state index in [9.17, 15) is 9.59 Å². The summed E-state index contributed by atoms with van der Waals surface area (Å²) in [6.45, 7) is 2.61. The average molecular weight is 375 g/mol. The lowest BCUT2D eigenvalue weighted by Gasteiger charge is -2.12. The molecule has 1 aliphatic rings. The molecule has 0 saturated carbocycles. The van der Waals surface area contributed by atoms with Gasteiger partial charge in [0.25, 0.3) is 11.5 Å². The first kappa shape index (κ1) is 17.7. The largest absolute Gasteiger partial charge is 0.383 e. The van der Waals surface area contributed by atoms with E-state index in [1.54, 1.807) is 20.1 Å². The highest BCUT2D eigenvalue weighted by molar-refractivity contribution is 8.26. The Morgan fingerprint density at radius 2 is 2.00 bits per heavy atom. The molecule has 1 fully saturated rings. The molecule has 6 nitrogen and oxygen atoms in total. The number of para-hydroxylation sites is 1. The van der Waals surface area contributed by atoms with Crippen LogP contribution in [0.5, 0.6) is 0 Å². The number of nitrogens with zero attached hydrogens (tertiary/aromatic N) is 2. The zero-order chi connectivity index (χ0) is 18.0. The normalized spacial score (nSPS) is 16.2. The van der Waals surface area contributed by atoms with E-state index in [0.717, 1.165) is 5.69 Å². The molecule has 0 radical (unpaired) electrons. The Hall–Kier alpha value is -2.16. The number of hydrogen-bond acceptors (Lipinski definition) is 5. The summed E-state index contributed by atoms with van der Waals surface area (Å²) in [5.74, 6) is -0.196. The highest BCUT2D eigenvalue weighted by Gasteiger charge is 2.32. The van der Waals surface area contributed by atoms with Gasteiger partial charge >= 0.3 is 0 Å². The Morgan fingerprint density at radius 1 is 1.28 bits per heavy atom. The molecule has 1 aliphatic heterocycles. The number of nitrogens with one attached hydrogen (secondary N) is 1. The molecule has 2 aromatic rings. The van der Waals surface area contributed by atoms with Gasteiger partial charge in [-0.1, -0.05) is 42.2 Å². The molecule has 1 saturated heterocycles. The first-order valence-corrected chi connectivity index (χ1v) is 8.86. The number of methoxy groups -OCH3 is 1. The van der Waals surface area contributed by atoms with E-state index in [0.29, 0.717) is 33.6 Å². The number of amides is 1. The summed E-state index contributed by atoms with van der Waals surface area (Å²) in [4.78, 5) is 27.2. The number of aromatic amines is 1. The minimum atomic E-state index is -0.203. The van der Waals surface area contributed by atoms with Crippen LogP contribution in [-0.2, 0) is 9.53 Å². The molecule has 1 amide bonds. The van der Waals surface area contributed by atoms with Crippen LogP contribution >= 0.6 is 24.0 Å². The van der Waals surface area contributed by atoms with Gasteiger partial charge < -0.3 is 4.74 Å². The lowest BCUT2D eigenvalue weighted by Crippen LogP contribution is -2.31. The van der Waals surface area contributed by atoms with Crippen molar-refractivity contribution in [1.29, 1.82) is 0 Å². The van der Waals surface area contributed by atoms with Gasteiger partial charge in [-0.25, -0.2) is 4.68 Å². The van der Waals surface area contributed by atoms with Gasteiger partial charge in [-0.3, -0.25) is 19.6 Å². The number of carbonyl (C=O) groups excluding carboxylic acids is 1. The van der Waals surface area contributed by atoms with Crippen molar-refractivity contribution < 1.29 is 9.53 Å². The minimum Gasteiger partial charge on any atom is -0.383 e. The van der Waals surface area contributed by atoms with Crippen molar-refractivity contribution in [1.82, 2.24) is 14.7 Å². The van der Waals surface area contributed by atoms with Crippen molar-refractivity contribution in [2.75, 3.05) is 20.3 Å². The van der Waals surface area contributed by atoms with E-state index in [1.165, 1.54) is 21.3 Å². The van der Waals surface area contributed by atoms with Crippen molar-refractivity contribution in [2.24, 2.45) is 0 Å². The smallest absolute Gasteiger partial charge is 0.278 e. The lowest BCUT2D eigenvalue weighted by molar-refractivity contribution is -0.122. The van der Waals surface area contributed by atoms with Gasteiger partial charge in [-0.05, 0) is 25.1 Å². The van der Waals surface area contributed by atoms with E-state index in [1.807, 2.05) is 30.3 Å². The minimum absolute atomic E-state index is 0.196. The fourth-order valence-electron chi connectivity index (χ4n) is 2.49. The number of rotatable bonds is 5. The number of hydrogen-bond donors (Lipinski definition) is 1. The van der Waals surface area contributed by atoms with Crippen LogP contribution in [0.3, 0.4) is 0 Å². The number of ether oxygens (including phenoxy) is 1. The zero-order valence-electron chi connectivity index (χ0n) is 13.8. The Bertz CT molecular complexity index is 900. The molecule has 1 aromatic carbocycles. The van der Waals surface area contributed by atoms with Crippen LogP contribution < -0.4 is 5.56 Å². The molecular weight excluding hydrogens is 358 g/mol. The summed E-state index contributed by atoms with van der Waals surface area (Å²) >= 11 is 6.45. The SMILES string of the molecule is COCCN1C(=O)C(=Cc2c(C)[nH]n(-c3ccccc3)c2=O)SC1=S. The van der Waals surface area contributed by atoms with Crippen LogP contribution in [0.15, 0.2) is 40.0 Å². The van der Waals surface area contributed by atoms with Crippen LogP contribution in [0, 0.1) is 6.92 Å². The molecule has 0 atom stereocenters. The predicted molar refractivity (Wildman–Crippen MR) is 103 cm³/mol. The molecule has 1 N–H and O–H groups in total. The maximum absolute atomic E-state index is 12.7. The summed E-state index contributed by atoms with van der Waals surface area (Å²) in [6, 6.07) is 9.28. The number of H-pyrrole nitrogens is 1. The molecule has 0 unspecified atom stereocenters. The van der Waals surface area contributed by atoms with Gasteiger partial charge in [-0.2, -0.15) is 0 Å². The number of aromatic nitrogens is 2. The number of aryl methyl sites for hydroxylation is 1. The number of benzene rings is 1. The first-order valence-electron chi connectivity index (χ1n) is 7.64. The van der Waals surface area contributed by atoms with Crippen molar-refractivity contribution >= 4 is 40.3 Å². The molecule has 1 aromatic heterocycles. The number of thiocarbonyl (C=S) groups is 1. The molecule has 0 aliphatic carbocycles. The Kier molecular flexibility index (Phi) is 5.22. The Balaban J connectivity index is 1.95. The lowest BCUT2D eigenvalue weighted by atomic mass is 10.2. The zero-order valence-corrected chi connectivity index (χ0v) is 15.4. The van der Waals surface area contributed by atoms with Crippen LogP contribution in [0.1, 0.15) is 11.3 Å². The van der Waals surface area contributed by atoms with Crippen LogP contribution in [-0.4, -0.2) is 45.2 Å². The van der Waals surface area contributed by atoms with Gasteiger partial charge in [0.15, 0.2) is 0 Å². The van der Waals surface area contributed by atoms with E-state index in [2.05, 4.69) is 5.10 Å². The summed E-state index contributed by atoms with van der Waals surface area (Å²) < 4.78 is 6.95. The first-order chi connectivity index (χ1) is 12.0. The van der Waals surface area contributed by atoms with Crippen LogP contribution in [0.4, 0.5) is 0 Å². The Labute approximate surface area is 154 Å². The van der Waals surface area contributed by atoms with Gasteiger partial charge in [0, 0.05) is 12.8 Å². The quantitative estimate of drug-likeness (QED) is 0.642. The molecule has 25 heavy (non-hydrogen) atoms. The van der Waals surface area contributed by atoms with E-state index in [4.69, 9.17) is 17.0 Å². The topological polar surface area (TPSA) is 67.3 Å². The molecule has 0 spiro atoms. The monoisotopic (exact) mass is 375 g/mol. The second-order valence-electron chi connectivity index (χ2n) is 5.45. The van der Waals surface area contributed by atoms with Gasteiger partial charge in [-0.15, -0.1) is 0 Å². The molecule has 8 heteroatoms. The van der Waals surface area contributed by atoms with E-state index >= 15 is 0 Å². The predicted octanol–water partition coefficient (Wildman–Crippen LogP) is 2.32. The van der Waals surface area contributed by atoms with Crippen molar-refractivity contribution in [3.8, 4) is 5.69 Å². The maximum atomic E-state index is 12.7. The van der Waals surface area contributed by atoms with Gasteiger partial charge in [0.2, 0.25) is 0 Å². The third-order valence-electron chi connectivity index (χ3n) is 3.80. The molecular formula is C17H17N3O3S2. The van der Waals surface area contributed by atoms with Crippen molar-refractivity contribution in [2.45, 2.75) is 6.92 Å². The molecule has 0 bridgehead atoms. The standard InChI is InChI=1S/C17H17N3O3S2/c1-11-13(15(21)20(18-11)12-6-4-3-5-7-12)10-14-16(22)19(8-9-23-2)17(24)25-14/h3-7,10,18H,8-9H2,1-2H3. The molecule has 130 valence electrons. The van der Waals surface area contributed by atoms with Crippen molar-refractivity contribution in [3.63, 3.8) is 0 Å². The summed E-state index contributed by atoms with van der Waals surface area (Å²) in [5, 5.41) is 3.05. The highest BCUT2D eigenvalue weighted by atomic mass is 32.2. The fourth-order valence-corrected chi connectivity index (χ4v) is 3.79. The highest BCUT2D eigenvalue weighted by Crippen LogP contribution is 2.32. The Morgan fingerprint density at radius 3 is 2.68 bits per heavy atom. The molecule has 2 heterocycles. The number of thioether (sulfide) groups is 1. The van der Waals surface area contributed by atoms with E-state index < -0.39 is 0 Å². The van der Waals surface area contributed by atoms with Gasteiger partial charge in [0.05, 0.1) is 29.3 Å². The summed E-state index contributed by atoms with van der Waals surface area (Å²) in [5.41, 5.74) is 1.68. The summed E-state index contributed by atoms with van der Waals surface area (Å²) in [7, 11) is 1.57. The molecule has 3 rings (SSSR count).